The maximum Gasteiger partial charge on any atom is 0.220 e. The fourth-order valence-electron chi connectivity index (χ4n) is 1.65. The Kier molecular flexibility index (Phi) is 4.24. The summed E-state index contributed by atoms with van der Waals surface area (Å²) in [6.07, 6.45) is 0. The summed E-state index contributed by atoms with van der Waals surface area (Å²) in [5.41, 5.74) is 6.80. The lowest BCUT2D eigenvalue weighted by molar-refractivity contribution is 0.411. The van der Waals surface area contributed by atoms with E-state index in [1.807, 2.05) is 6.92 Å². The van der Waals surface area contributed by atoms with Gasteiger partial charge in [0.2, 0.25) is 5.88 Å². The van der Waals surface area contributed by atoms with E-state index in [-0.39, 0.29) is 5.84 Å². The number of amidine groups is 1. The highest BCUT2D eigenvalue weighted by Gasteiger charge is 2.08. The topological polar surface area (TPSA) is 81.2 Å². The molecule has 5 nitrogen and oxygen atoms in total. The molecule has 1 aromatic carbocycles. The van der Waals surface area contributed by atoms with Crippen molar-refractivity contribution in [2.24, 2.45) is 5.73 Å². The van der Waals surface area contributed by atoms with Gasteiger partial charge in [-0.25, -0.2) is 4.98 Å². The molecule has 104 valence electrons. The number of nitrogens with zero attached hydrogens (tertiary/aromatic N) is 1. The van der Waals surface area contributed by atoms with Gasteiger partial charge in [0.25, 0.3) is 0 Å². The van der Waals surface area contributed by atoms with Gasteiger partial charge in [0, 0.05) is 17.3 Å². The normalized spacial score (nSPS) is 10.2. The largest absolute Gasteiger partial charge is 0.497 e. The number of aryl methyl sites for hydroxylation is 1. The monoisotopic (exact) mass is 335 g/mol. The predicted molar refractivity (Wildman–Crippen MR) is 80.8 cm³/mol. The summed E-state index contributed by atoms with van der Waals surface area (Å²) in [5, 5.41) is 7.47. The molecule has 0 aliphatic carbocycles. The zero-order valence-electron chi connectivity index (χ0n) is 11.1. The molecule has 0 unspecified atom stereocenters. The van der Waals surface area contributed by atoms with Gasteiger partial charge in [0.15, 0.2) is 0 Å². The zero-order valence-corrected chi connectivity index (χ0v) is 12.7. The van der Waals surface area contributed by atoms with E-state index in [9.17, 15) is 0 Å². The van der Waals surface area contributed by atoms with E-state index in [1.54, 1.807) is 37.4 Å². The van der Waals surface area contributed by atoms with Crippen LogP contribution in [0.1, 0.15) is 11.3 Å². The molecule has 0 atom stereocenters. The van der Waals surface area contributed by atoms with E-state index in [2.05, 4.69) is 20.9 Å². The number of ether oxygens (including phenoxy) is 2. The van der Waals surface area contributed by atoms with Crippen molar-refractivity contribution in [1.29, 1.82) is 5.41 Å². The van der Waals surface area contributed by atoms with Gasteiger partial charge >= 0.3 is 0 Å². The first kappa shape index (κ1) is 14.3. The molecule has 2 rings (SSSR count). The van der Waals surface area contributed by atoms with E-state index in [0.717, 1.165) is 15.9 Å². The van der Waals surface area contributed by atoms with Gasteiger partial charge in [0.05, 0.1) is 11.6 Å². The molecule has 3 N–H and O–H groups in total. The number of benzene rings is 1. The lowest BCUT2D eigenvalue weighted by atomic mass is 10.2. The van der Waals surface area contributed by atoms with Gasteiger partial charge in [-0.05, 0) is 47.1 Å². The van der Waals surface area contributed by atoms with Crippen LogP contribution in [0.25, 0.3) is 0 Å². The number of methoxy groups -OCH3 is 1. The van der Waals surface area contributed by atoms with Gasteiger partial charge in [-0.2, -0.15) is 0 Å². The summed E-state index contributed by atoms with van der Waals surface area (Å²) in [6, 6.07) is 8.74. The highest BCUT2D eigenvalue weighted by molar-refractivity contribution is 9.10. The average Bonchev–Trinajstić information content (AvgIpc) is 2.40. The molecule has 2 aromatic rings. The van der Waals surface area contributed by atoms with Crippen LogP contribution in [-0.2, 0) is 0 Å². The molecule has 0 fully saturated rings. The maximum atomic E-state index is 7.47. The van der Waals surface area contributed by atoms with E-state index in [4.69, 9.17) is 20.6 Å². The van der Waals surface area contributed by atoms with Crippen LogP contribution in [0, 0.1) is 12.3 Å². The zero-order chi connectivity index (χ0) is 14.7. The maximum absolute atomic E-state index is 7.47. The number of nitrogen functional groups attached to an aromatic ring is 1. The number of pyridine rings is 1. The lowest BCUT2D eigenvalue weighted by Crippen LogP contribution is -2.11. The first-order valence-corrected chi connectivity index (χ1v) is 6.63. The fraction of sp³-hybridized carbons (Fsp3) is 0.143. The summed E-state index contributed by atoms with van der Waals surface area (Å²) < 4.78 is 11.6. The smallest absolute Gasteiger partial charge is 0.220 e. The molecule has 0 aliphatic heterocycles. The lowest BCUT2D eigenvalue weighted by Gasteiger charge is -2.10. The van der Waals surface area contributed by atoms with Gasteiger partial charge in [-0.1, -0.05) is 0 Å². The van der Waals surface area contributed by atoms with Gasteiger partial charge in [-0.15, -0.1) is 0 Å². The molecular weight excluding hydrogens is 322 g/mol. The third-order valence-corrected chi connectivity index (χ3v) is 3.21. The average molecular weight is 336 g/mol. The minimum absolute atomic E-state index is 0.0193. The van der Waals surface area contributed by atoms with Crippen LogP contribution < -0.4 is 15.2 Å². The standard InChI is InChI=1S/C14H14BrN3O2/c1-8-5-9(14(16)17)6-13(18-8)20-12-4-3-10(19-2)7-11(12)15/h3-7H,1-2H3,(H3,16,17). The van der Waals surface area contributed by atoms with Gasteiger partial charge in [0.1, 0.15) is 17.3 Å². The van der Waals surface area contributed by atoms with E-state index >= 15 is 0 Å². The first-order chi connectivity index (χ1) is 9.49. The molecular formula is C14H14BrN3O2. The second-order valence-corrected chi connectivity index (χ2v) is 5.00. The van der Waals surface area contributed by atoms with Crippen molar-refractivity contribution in [3.8, 4) is 17.4 Å². The molecule has 0 saturated heterocycles. The van der Waals surface area contributed by atoms with Gasteiger partial charge in [-0.3, -0.25) is 5.41 Å². The Hall–Kier alpha value is -2.08. The van der Waals surface area contributed by atoms with Crippen LogP contribution >= 0.6 is 15.9 Å². The summed E-state index contributed by atoms with van der Waals surface area (Å²) >= 11 is 3.41. The second-order valence-electron chi connectivity index (χ2n) is 4.15. The SMILES string of the molecule is COc1ccc(Oc2cc(C(=N)N)cc(C)n2)c(Br)c1. The number of nitrogens with one attached hydrogen (secondary N) is 1. The minimum atomic E-state index is -0.0193. The summed E-state index contributed by atoms with van der Waals surface area (Å²) in [5.74, 6) is 1.71. The van der Waals surface area contributed by atoms with Crippen LogP contribution in [0.5, 0.6) is 17.4 Å². The second kappa shape index (κ2) is 5.92. The quantitative estimate of drug-likeness (QED) is 0.663. The van der Waals surface area contributed by atoms with Gasteiger partial charge < -0.3 is 15.2 Å². The minimum Gasteiger partial charge on any atom is -0.497 e. The molecule has 0 aliphatic rings. The molecule has 0 bridgehead atoms. The Bertz CT molecular complexity index is 659. The molecule has 0 amide bonds. The summed E-state index contributed by atoms with van der Waals surface area (Å²) in [7, 11) is 1.60. The number of halogens is 1. The van der Waals surface area contributed by atoms with Crippen molar-refractivity contribution in [2.75, 3.05) is 7.11 Å². The van der Waals surface area contributed by atoms with Crippen molar-refractivity contribution in [2.45, 2.75) is 6.92 Å². The Morgan fingerprint density at radius 2 is 2.05 bits per heavy atom. The molecule has 1 aromatic heterocycles. The highest BCUT2D eigenvalue weighted by atomic mass is 79.9. The Morgan fingerprint density at radius 3 is 2.65 bits per heavy atom. The third kappa shape index (κ3) is 3.27. The predicted octanol–water partition coefficient (Wildman–Crippen LogP) is 3.24. The number of hydrogen-bond acceptors (Lipinski definition) is 4. The van der Waals surface area contributed by atoms with Crippen molar-refractivity contribution in [3.05, 3.63) is 46.1 Å². The Labute approximate surface area is 125 Å². The molecule has 0 spiro atoms. The number of hydrogen-bond donors (Lipinski definition) is 2. The summed E-state index contributed by atoms with van der Waals surface area (Å²) in [6.45, 7) is 1.82. The van der Waals surface area contributed by atoms with Crippen molar-refractivity contribution >= 4 is 21.8 Å². The number of nitrogens with two attached hydrogens (primary N) is 1. The van der Waals surface area contributed by atoms with Crippen molar-refractivity contribution in [1.82, 2.24) is 4.98 Å². The number of aromatic nitrogens is 1. The number of rotatable bonds is 4. The summed E-state index contributed by atoms with van der Waals surface area (Å²) in [4.78, 5) is 4.27. The molecule has 0 saturated carbocycles. The van der Waals surface area contributed by atoms with Crippen molar-refractivity contribution < 1.29 is 9.47 Å². The first-order valence-electron chi connectivity index (χ1n) is 5.84. The van der Waals surface area contributed by atoms with Crippen LogP contribution in [0.15, 0.2) is 34.8 Å². The van der Waals surface area contributed by atoms with Crippen LogP contribution in [-0.4, -0.2) is 17.9 Å². The van der Waals surface area contributed by atoms with E-state index in [1.165, 1.54) is 0 Å². The van der Waals surface area contributed by atoms with E-state index < -0.39 is 0 Å². The molecule has 0 radical (unpaired) electrons. The van der Waals surface area contributed by atoms with Crippen LogP contribution in [0.3, 0.4) is 0 Å². The Balaban J connectivity index is 2.32. The highest BCUT2D eigenvalue weighted by Crippen LogP contribution is 2.32. The van der Waals surface area contributed by atoms with Crippen molar-refractivity contribution in [3.63, 3.8) is 0 Å². The van der Waals surface area contributed by atoms with E-state index in [0.29, 0.717) is 17.2 Å². The fourth-order valence-corrected chi connectivity index (χ4v) is 2.09. The Morgan fingerprint density at radius 1 is 1.30 bits per heavy atom. The third-order valence-electron chi connectivity index (χ3n) is 2.59. The van der Waals surface area contributed by atoms with Crippen LogP contribution in [0.4, 0.5) is 0 Å². The molecule has 1 heterocycles. The van der Waals surface area contributed by atoms with Crippen LogP contribution in [0.2, 0.25) is 0 Å². The molecule has 6 heteroatoms. The molecule has 20 heavy (non-hydrogen) atoms.